The van der Waals surface area contributed by atoms with Gasteiger partial charge in [0.05, 0.1) is 6.42 Å². The number of rotatable bonds is 3. The molecule has 3 nitrogen and oxygen atoms in total. The number of alkyl halides is 3. The Balaban J connectivity index is 2.53. The summed E-state index contributed by atoms with van der Waals surface area (Å²) in [4.78, 5) is 12.0. The molecule has 5 unspecified atom stereocenters. The monoisotopic (exact) mass is 280 g/mol. The second kappa shape index (κ2) is 6.11. The Morgan fingerprint density at radius 1 is 1.32 bits per heavy atom. The zero-order valence-electron chi connectivity index (χ0n) is 11.6. The standard InChI is InChI=1S/C13H23F3N2O/c1-7-4-8(2)11(17)5-10(7)12(19)18-9(3)6-13(14,15)16/h7-11H,4-6,17H2,1-3H3,(H,18,19). The van der Waals surface area contributed by atoms with Crippen LogP contribution in [0.4, 0.5) is 13.2 Å². The van der Waals surface area contributed by atoms with Crippen molar-refractivity contribution in [3.8, 4) is 0 Å². The molecular weight excluding hydrogens is 257 g/mol. The van der Waals surface area contributed by atoms with Crippen LogP contribution >= 0.6 is 0 Å². The van der Waals surface area contributed by atoms with Gasteiger partial charge in [0.25, 0.3) is 0 Å². The van der Waals surface area contributed by atoms with Gasteiger partial charge in [0.1, 0.15) is 0 Å². The quantitative estimate of drug-likeness (QED) is 0.834. The Morgan fingerprint density at radius 3 is 2.42 bits per heavy atom. The molecule has 112 valence electrons. The van der Waals surface area contributed by atoms with Crippen LogP contribution < -0.4 is 11.1 Å². The van der Waals surface area contributed by atoms with E-state index in [1.807, 2.05) is 13.8 Å². The van der Waals surface area contributed by atoms with Crippen molar-refractivity contribution < 1.29 is 18.0 Å². The lowest BCUT2D eigenvalue weighted by Crippen LogP contribution is -2.47. The second-order valence-electron chi connectivity index (χ2n) is 5.93. The summed E-state index contributed by atoms with van der Waals surface area (Å²) in [5.74, 6) is -0.0620. The summed E-state index contributed by atoms with van der Waals surface area (Å²) in [6.07, 6.45) is -3.86. The molecule has 1 rings (SSSR count). The summed E-state index contributed by atoms with van der Waals surface area (Å²) >= 11 is 0. The molecule has 1 fully saturated rings. The summed E-state index contributed by atoms with van der Waals surface area (Å²) < 4.78 is 36.7. The van der Waals surface area contributed by atoms with Crippen LogP contribution in [0.15, 0.2) is 0 Å². The molecule has 0 heterocycles. The normalized spacial score (nSPS) is 33.8. The van der Waals surface area contributed by atoms with Gasteiger partial charge >= 0.3 is 6.18 Å². The largest absolute Gasteiger partial charge is 0.391 e. The van der Waals surface area contributed by atoms with Gasteiger partial charge < -0.3 is 11.1 Å². The first-order chi connectivity index (χ1) is 8.60. The van der Waals surface area contributed by atoms with Gasteiger partial charge in [0.15, 0.2) is 0 Å². The van der Waals surface area contributed by atoms with Gasteiger partial charge in [-0.2, -0.15) is 13.2 Å². The molecule has 0 radical (unpaired) electrons. The number of amides is 1. The molecule has 3 N–H and O–H groups in total. The van der Waals surface area contributed by atoms with Crippen molar-refractivity contribution in [1.29, 1.82) is 0 Å². The van der Waals surface area contributed by atoms with Crippen LogP contribution in [0.2, 0.25) is 0 Å². The molecular formula is C13H23F3N2O. The van der Waals surface area contributed by atoms with Crippen LogP contribution in [-0.2, 0) is 4.79 Å². The molecule has 1 saturated carbocycles. The van der Waals surface area contributed by atoms with E-state index in [1.165, 1.54) is 6.92 Å². The third-order valence-electron chi connectivity index (χ3n) is 3.95. The van der Waals surface area contributed by atoms with Gasteiger partial charge in [-0.05, 0) is 31.6 Å². The first-order valence-electron chi connectivity index (χ1n) is 6.73. The van der Waals surface area contributed by atoms with Crippen molar-refractivity contribution in [2.75, 3.05) is 0 Å². The van der Waals surface area contributed by atoms with E-state index in [4.69, 9.17) is 5.73 Å². The van der Waals surface area contributed by atoms with Gasteiger partial charge in [0, 0.05) is 18.0 Å². The Bertz CT molecular complexity index is 320. The van der Waals surface area contributed by atoms with Crippen LogP contribution in [-0.4, -0.2) is 24.2 Å². The van der Waals surface area contributed by atoms with Gasteiger partial charge in [0.2, 0.25) is 5.91 Å². The minimum atomic E-state index is -4.25. The molecule has 1 aliphatic carbocycles. The highest BCUT2D eigenvalue weighted by Crippen LogP contribution is 2.33. The lowest BCUT2D eigenvalue weighted by Gasteiger charge is -2.36. The highest BCUT2D eigenvalue weighted by molar-refractivity contribution is 5.79. The van der Waals surface area contributed by atoms with Crippen molar-refractivity contribution >= 4 is 5.91 Å². The molecule has 19 heavy (non-hydrogen) atoms. The van der Waals surface area contributed by atoms with E-state index in [-0.39, 0.29) is 23.8 Å². The predicted molar refractivity (Wildman–Crippen MR) is 67.3 cm³/mol. The van der Waals surface area contributed by atoms with Gasteiger partial charge in [-0.1, -0.05) is 13.8 Å². The molecule has 1 amide bonds. The number of hydrogen-bond donors (Lipinski definition) is 2. The van der Waals surface area contributed by atoms with Crippen molar-refractivity contribution in [3.05, 3.63) is 0 Å². The Hall–Kier alpha value is -0.780. The average Bonchev–Trinajstić information content (AvgIpc) is 2.20. The van der Waals surface area contributed by atoms with Crippen LogP contribution in [0.25, 0.3) is 0 Å². The number of halogens is 3. The molecule has 1 aliphatic rings. The third-order valence-corrected chi connectivity index (χ3v) is 3.95. The maximum absolute atomic E-state index is 12.2. The molecule has 5 atom stereocenters. The molecule has 0 spiro atoms. The van der Waals surface area contributed by atoms with Crippen LogP contribution in [0, 0.1) is 17.8 Å². The fourth-order valence-electron chi connectivity index (χ4n) is 2.80. The summed E-state index contributed by atoms with van der Waals surface area (Å²) in [5.41, 5.74) is 5.94. The Labute approximate surface area is 112 Å². The van der Waals surface area contributed by atoms with E-state index >= 15 is 0 Å². The smallest absolute Gasteiger partial charge is 0.353 e. The van der Waals surface area contributed by atoms with Crippen molar-refractivity contribution in [1.82, 2.24) is 5.32 Å². The molecule has 0 aromatic heterocycles. The maximum Gasteiger partial charge on any atom is 0.391 e. The van der Waals surface area contributed by atoms with Crippen LogP contribution in [0.1, 0.15) is 40.0 Å². The third kappa shape index (κ3) is 5.01. The lowest BCUT2D eigenvalue weighted by atomic mass is 9.72. The summed E-state index contributed by atoms with van der Waals surface area (Å²) in [6.45, 7) is 5.38. The van der Waals surface area contributed by atoms with E-state index in [1.54, 1.807) is 0 Å². The number of carbonyl (C=O) groups is 1. The van der Waals surface area contributed by atoms with E-state index in [0.717, 1.165) is 6.42 Å². The van der Waals surface area contributed by atoms with Crippen molar-refractivity contribution in [2.45, 2.75) is 58.3 Å². The van der Waals surface area contributed by atoms with Crippen molar-refractivity contribution in [2.24, 2.45) is 23.5 Å². The molecule has 6 heteroatoms. The Kier molecular flexibility index (Phi) is 5.24. The van der Waals surface area contributed by atoms with Crippen molar-refractivity contribution in [3.63, 3.8) is 0 Å². The molecule has 0 aromatic carbocycles. The summed E-state index contributed by atoms with van der Waals surface area (Å²) in [5, 5.41) is 2.46. The summed E-state index contributed by atoms with van der Waals surface area (Å²) in [7, 11) is 0. The van der Waals surface area contributed by atoms with E-state index < -0.39 is 18.6 Å². The fourth-order valence-corrected chi connectivity index (χ4v) is 2.80. The van der Waals surface area contributed by atoms with Gasteiger partial charge in [-0.3, -0.25) is 4.79 Å². The Morgan fingerprint density at radius 2 is 1.89 bits per heavy atom. The maximum atomic E-state index is 12.2. The van der Waals surface area contributed by atoms with E-state index in [0.29, 0.717) is 12.3 Å². The van der Waals surface area contributed by atoms with E-state index in [9.17, 15) is 18.0 Å². The number of nitrogens with two attached hydrogens (primary N) is 1. The van der Waals surface area contributed by atoms with Gasteiger partial charge in [-0.15, -0.1) is 0 Å². The zero-order chi connectivity index (χ0) is 14.8. The first kappa shape index (κ1) is 16.3. The summed E-state index contributed by atoms with van der Waals surface area (Å²) in [6, 6.07) is -0.944. The predicted octanol–water partition coefficient (Wildman–Crippen LogP) is 2.45. The molecule has 0 saturated heterocycles. The number of nitrogens with one attached hydrogen (secondary N) is 1. The highest BCUT2D eigenvalue weighted by atomic mass is 19.4. The fraction of sp³-hybridized carbons (Fsp3) is 0.923. The van der Waals surface area contributed by atoms with E-state index in [2.05, 4.69) is 5.32 Å². The second-order valence-corrected chi connectivity index (χ2v) is 5.93. The topological polar surface area (TPSA) is 55.1 Å². The minimum Gasteiger partial charge on any atom is -0.353 e. The minimum absolute atomic E-state index is 0.0510. The average molecular weight is 280 g/mol. The van der Waals surface area contributed by atoms with Gasteiger partial charge in [-0.25, -0.2) is 0 Å². The molecule has 0 bridgehead atoms. The molecule has 0 aromatic rings. The molecule has 0 aliphatic heterocycles. The lowest BCUT2D eigenvalue weighted by molar-refractivity contribution is -0.143. The first-order valence-corrected chi connectivity index (χ1v) is 6.73. The number of hydrogen-bond acceptors (Lipinski definition) is 2. The zero-order valence-corrected chi connectivity index (χ0v) is 11.6. The van der Waals surface area contributed by atoms with Crippen LogP contribution in [0.5, 0.6) is 0 Å². The number of carbonyl (C=O) groups excluding carboxylic acids is 1. The SMILES string of the molecule is CC(CC(F)(F)F)NC(=O)C1CC(N)C(C)CC1C. The van der Waals surface area contributed by atoms with Crippen LogP contribution in [0.3, 0.4) is 0 Å². The highest BCUT2D eigenvalue weighted by Gasteiger charge is 2.36.